The van der Waals surface area contributed by atoms with Crippen LogP contribution in [0.1, 0.15) is 12.5 Å². The Kier molecular flexibility index (Phi) is 4.17. The second-order valence-electron chi connectivity index (χ2n) is 6.12. The number of aromatic nitrogens is 2. The number of halogens is 3. The van der Waals surface area contributed by atoms with Gasteiger partial charge in [0, 0.05) is 5.69 Å². The maximum absolute atomic E-state index is 12.8. The summed E-state index contributed by atoms with van der Waals surface area (Å²) in [6, 6.07) is 11.0. The molecule has 0 saturated heterocycles. The van der Waals surface area contributed by atoms with E-state index in [9.17, 15) is 22.8 Å². The van der Waals surface area contributed by atoms with Gasteiger partial charge in [0.1, 0.15) is 11.8 Å². The summed E-state index contributed by atoms with van der Waals surface area (Å²) in [5, 5.41) is 5.25. The average Bonchev–Trinajstić information content (AvgIpc) is 2.99. The first-order valence-corrected chi connectivity index (χ1v) is 8.24. The fourth-order valence-corrected chi connectivity index (χ4v) is 3.07. The zero-order valence-electron chi connectivity index (χ0n) is 14.2. The van der Waals surface area contributed by atoms with Gasteiger partial charge in [-0.15, -0.1) is 13.2 Å². The summed E-state index contributed by atoms with van der Waals surface area (Å²) in [5.74, 6) is -0.961. The minimum absolute atomic E-state index is 0.0888. The standard InChI is InChI=1S/C18H13F3N4O3/c19-18(20,21)28-11-7-5-10(6-8-11)22-16(27)14-9-15(26)24-17-23-12-3-1-2-4-13(12)25(14)17/h1-8,14H,9H2,(H,22,27)(H,23,24,26)/t14-/m1/s1. The number of nitrogens with zero attached hydrogens (tertiary/aromatic N) is 2. The lowest BCUT2D eigenvalue weighted by Gasteiger charge is -2.25. The van der Waals surface area contributed by atoms with Gasteiger partial charge in [-0.1, -0.05) is 12.1 Å². The number of ether oxygens (including phenoxy) is 1. The molecule has 28 heavy (non-hydrogen) atoms. The number of imidazole rings is 1. The highest BCUT2D eigenvalue weighted by molar-refractivity contribution is 6.02. The maximum atomic E-state index is 12.8. The van der Waals surface area contributed by atoms with Gasteiger partial charge < -0.3 is 10.1 Å². The summed E-state index contributed by atoms with van der Waals surface area (Å²) >= 11 is 0. The van der Waals surface area contributed by atoms with Crippen molar-refractivity contribution in [1.82, 2.24) is 9.55 Å². The van der Waals surface area contributed by atoms with Crippen LogP contribution in [0.4, 0.5) is 24.8 Å². The van der Waals surface area contributed by atoms with Crippen molar-refractivity contribution in [2.75, 3.05) is 10.6 Å². The van der Waals surface area contributed by atoms with E-state index in [1.54, 1.807) is 28.8 Å². The molecule has 0 fully saturated rings. The van der Waals surface area contributed by atoms with Gasteiger partial charge in [0.15, 0.2) is 0 Å². The highest BCUT2D eigenvalue weighted by Gasteiger charge is 2.33. The van der Waals surface area contributed by atoms with Gasteiger partial charge in [0.05, 0.1) is 17.5 Å². The molecule has 0 aliphatic carbocycles. The normalized spacial score (nSPS) is 16.4. The second-order valence-corrected chi connectivity index (χ2v) is 6.12. The van der Waals surface area contributed by atoms with Gasteiger partial charge in [-0.05, 0) is 36.4 Å². The smallest absolute Gasteiger partial charge is 0.406 e. The molecule has 2 heterocycles. The summed E-state index contributed by atoms with van der Waals surface area (Å²) in [5.41, 5.74) is 1.59. The lowest BCUT2D eigenvalue weighted by atomic mass is 10.1. The van der Waals surface area contributed by atoms with Crippen LogP contribution in [-0.4, -0.2) is 27.7 Å². The molecule has 1 aliphatic heterocycles. The van der Waals surface area contributed by atoms with Gasteiger partial charge in [0.2, 0.25) is 17.8 Å². The lowest BCUT2D eigenvalue weighted by Crippen LogP contribution is -2.35. The minimum atomic E-state index is -4.79. The molecule has 0 spiro atoms. The maximum Gasteiger partial charge on any atom is 0.573 e. The minimum Gasteiger partial charge on any atom is -0.406 e. The Bertz CT molecular complexity index is 1060. The van der Waals surface area contributed by atoms with Crippen LogP contribution in [0.25, 0.3) is 11.0 Å². The number of carbonyl (C=O) groups is 2. The number of para-hydroxylation sites is 2. The number of nitrogens with one attached hydrogen (secondary N) is 2. The molecule has 2 aromatic carbocycles. The first-order chi connectivity index (χ1) is 13.3. The number of anilines is 2. The van der Waals surface area contributed by atoms with Crippen molar-refractivity contribution in [3.05, 3.63) is 48.5 Å². The van der Waals surface area contributed by atoms with Crippen molar-refractivity contribution >= 4 is 34.5 Å². The summed E-state index contributed by atoms with van der Waals surface area (Å²) < 4.78 is 42.1. The van der Waals surface area contributed by atoms with Crippen LogP contribution in [0.15, 0.2) is 48.5 Å². The van der Waals surface area contributed by atoms with Crippen LogP contribution < -0.4 is 15.4 Å². The Hall–Kier alpha value is -3.56. The predicted molar refractivity (Wildman–Crippen MR) is 93.8 cm³/mol. The zero-order valence-corrected chi connectivity index (χ0v) is 14.2. The van der Waals surface area contributed by atoms with E-state index in [-0.39, 0.29) is 24.0 Å². The van der Waals surface area contributed by atoms with Crippen molar-refractivity contribution in [3.63, 3.8) is 0 Å². The van der Waals surface area contributed by atoms with E-state index >= 15 is 0 Å². The molecule has 0 radical (unpaired) electrons. The number of carbonyl (C=O) groups excluding carboxylic acids is 2. The van der Waals surface area contributed by atoms with E-state index in [4.69, 9.17) is 0 Å². The Morgan fingerprint density at radius 1 is 1.18 bits per heavy atom. The molecule has 0 unspecified atom stereocenters. The summed E-state index contributed by atoms with van der Waals surface area (Å²) in [6.45, 7) is 0. The Labute approximate surface area is 156 Å². The van der Waals surface area contributed by atoms with Gasteiger partial charge in [-0.25, -0.2) is 4.98 Å². The Morgan fingerprint density at radius 3 is 2.61 bits per heavy atom. The van der Waals surface area contributed by atoms with Crippen molar-refractivity contribution in [1.29, 1.82) is 0 Å². The van der Waals surface area contributed by atoms with Gasteiger partial charge in [-0.3, -0.25) is 19.5 Å². The van der Waals surface area contributed by atoms with Crippen LogP contribution in [0, 0.1) is 0 Å². The molecule has 10 heteroatoms. The average molecular weight is 390 g/mol. The number of benzene rings is 2. The molecule has 3 aromatic rings. The molecule has 7 nitrogen and oxygen atoms in total. The van der Waals surface area contributed by atoms with E-state index < -0.39 is 24.1 Å². The molecule has 144 valence electrons. The van der Waals surface area contributed by atoms with Crippen LogP contribution in [0.2, 0.25) is 0 Å². The number of amides is 2. The number of hydrogen-bond donors (Lipinski definition) is 2. The molecule has 0 bridgehead atoms. The predicted octanol–water partition coefficient (Wildman–Crippen LogP) is 3.46. The zero-order chi connectivity index (χ0) is 19.9. The van der Waals surface area contributed by atoms with Gasteiger partial charge >= 0.3 is 6.36 Å². The van der Waals surface area contributed by atoms with Crippen molar-refractivity contribution in [2.24, 2.45) is 0 Å². The van der Waals surface area contributed by atoms with E-state index in [1.165, 1.54) is 12.1 Å². The van der Waals surface area contributed by atoms with E-state index in [0.29, 0.717) is 11.0 Å². The molecule has 2 N–H and O–H groups in total. The number of rotatable bonds is 3. The lowest BCUT2D eigenvalue weighted by molar-refractivity contribution is -0.274. The van der Waals surface area contributed by atoms with Crippen molar-refractivity contribution < 1.29 is 27.5 Å². The first kappa shape index (κ1) is 17.8. The quantitative estimate of drug-likeness (QED) is 0.717. The van der Waals surface area contributed by atoms with Crippen LogP contribution in [0.5, 0.6) is 5.75 Å². The molecule has 1 aliphatic rings. The van der Waals surface area contributed by atoms with Gasteiger partial charge in [-0.2, -0.15) is 0 Å². The monoisotopic (exact) mass is 390 g/mol. The Balaban J connectivity index is 1.58. The molecule has 0 saturated carbocycles. The highest BCUT2D eigenvalue weighted by Crippen LogP contribution is 2.31. The van der Waals surface area contributed by atoms with E-state index in [1.807, 2.05) is 0 Å². The molecule has 1 atom stereocenters. The van der Waals surface area contributed by atoms with Crippen molar-refractivity contribution in [2.45, 2.75) is 18.8 Å². The number of hydrogen-bond acceptors (Lipinski definition) is 4. The summed E-state index contributed by atoms with van der Waals surface area (Å²) in [7, 11) is 0. The molecular weight excluding hydrogens is 377 g/mol. The third-order valence-corrected chi connectivity index (χ3v) is 4.20. The van der Waals surface area contributed by atoms with Crippen LogP contribution in [-0.2, 0) is 9.59 Å². The molecular formula is C18H13F3N4O3. The number of alkyl halides is 3. The third kappa shape index (κ3) is 3.48. The first-order valence-electron chi connectivity index (χ1n) is 8.24. The summed E-state index contributed by atoms with van der Waals surface area (Å²) in [4.78, 5) is 29.1. The molecule has 1 aromatic heterocycles. The largest absolute Gasteiger partial charge is 0.573 e. The fraction of sp³-hybridized carbons (Fsp3) is 0.167. The second kappa shape index (κ2) is 6.55. The number of fused-ring (bicyclic) bond motifs is 3. The van der Waals surface area contributed by atoms with E-state index in [2.05, 4.69) is 20.4 Å². The fourth-order valence-electron chi connectivity index (χ4n) is 3.07. The summed E-state index contributed by atoms with van der Waals surface area (Å²) in [6.07, 6.45) is -4.88. The molecule has 2 amide bonds. The highest BCUT2D eigenvalue weighted by atomic mass is 19.4. The van der Waals surface area contributed by atoms with E-state index in [0.717, 1.165) is 12.1 Å². The topological polar surface area (TPSA) is 85.2 Å². The van der Waals surface area contributed by atoms with Gasteiger partial charge in [0.25, 0.3) is 0 Å². The molecule has 4 rings (SSSR count). The van der Waals surface area contributed by atoms with Crippen molar-refractivity contribution in [3.8, 4) is 5.75 Å². The SMILES string of the molecule is O=C1C[C@H](C(=O)Nc2ccc(OC(F)(F)F)cc2)n2c(nc3ccccc32)N1. The Morgan fingerprint density at radius 2 is 1.89 bits per heavy atom. The third-order valence-electron chi connectivity index (χ3n) is 4.20. The van der Waals surface area contributed by atoms with Crippen LogP contribution >= 0.6 is 0 Å². The van der Waals surface area contributed by atoms with Crippen LogP contribution in [0.3, 0.4) is 0 Å².